The monoisotopic (exact) mass is 259 g/mol. The van der Waals surface area contributed by atoms with Crippen LogP contribution in [0.2, 0.25) is 0 Å². The number of carboxylic acids is 1. The molecule has 0 fully saturated rings. The van der Waals surface area contributed by atoms with Crippen LogP contribution < -0.4 is 5.32 Å². The highest BCUT2D eigenvalue weighted by Gasteiger charge is 2.14. The average Bonchev–Trinajstić information content (AvgIpc) is 2.89. The van der Waals surface area contributed by atoms with Gasteiger partial charge in [-0.1, -0.05) is 19.1 Å². The van der Waals surface area contributed by atoms with Crippen molar-refractivity contribution in [2.45, 2.75) is 13.3 Å². The normalized spacial score (nSPS) is 10.2. The first kappa shape index (κ1) is 12.9. The molecule has 5 heteroatoms. The molecule has 1 heterocycles. The van der Waals surface area contributed by atoms with Crippen molar-refractivity contribution >= 4 is 17.6 Å². The molecular weight excluding hydrogens is 246 g/mol. The molecular formula is C14H13NO4. The number of aromatic carboxylic acids is 1. The Morgan fingerprint density at radius 2 is 1.74 bits per heavy atom. The SMILES string of the molecule is CCc1ccc(NC(=O)c2ccc(C(=O)O)o2)cc1. The number of hydrogen-bond acceptors (Lipinski definition) is 3. The Hall–Kier alpha value is -2.56. The summed E-state index contributed by atoms with van der Waals surface area (Å²) in [7, 11) is 0. The number of carboxylic acid groups (broad SMARTS) is 1. The van der Waals surface area contributed by atoms with Crippen molar-refractivity contribution in [3.63, 3.8) is 0 Å². The van der Waals surface area contributed by atoms with Gasteiger partial charge in [0, 0.05) is 5.69 Å². The maximum absolute atomic E-state index is 11.8. The summed E-state index contributed by atoms with van der Waals surface area (Å²) in [5.74, 6) is -1.97. The number of aryl methyl sites for hydroxylation is 1. The maximum Gasteiger partial charge on any atom is 0.371 e. The number of nitrogens with one attached hydrogen (secondary N) is 1. The number of benzene rings is 1. The van der Waals surface area contributed by atoms with E-state index >= 15 is 0 Å². The third kappa shape index (κ3) is 3.01. The quantitative estimate of drug-likeness (QED) is 0.884. The summed E-state index contributed by atoms with van der Waals surface area (Å²) >= 11 is 0. The molecule has 0 saturated heterocycles. The minimum Gasteiger partial charge on any atom is -0.475 e. The number of carbonyl (C=O) groups is 2. The van der Waals surface area contributed by atoms with Crippen LogP contribution in [-0.4, -0.2) is 17.0 Å². The summed E-state index contributed by atoms with van der Waals surface area (Å²) < 4.78 is 4.91. The van der Waals surface area contributed by atoms with E-state index < -0.39 is 11.9 Å². The molecule has 0 atom stereocenters. The highest BCUT2D eigenvalue weighted by atomic mass is 16.4. The van der Waals surface area contributed by atoms with E-state index in [1.807, 2.05) is 19.1 Å². The number of carbonyl (C=O) groups excluding carboxylic acids is 1. The molecule has 98 valence electrons. The van der Waals surface area contributed by atoms with Gasteiger partial charge in [-0.3, -0.25) is 4.79 Å². The third-order valence-corrected chi connectivity index (χ3v) is 2.66. The lowest BCUT2D eigenvalue weighted by molar-refractivity contribution is 0.0660. The van der Waals surface area contributed by atoms with Gasteiger partial charge in [0.25, 0.3) is 5.91 Å². The van der Waals surface area contributed by atoms with Crippen LogP contribution in [0, 0.1) is 0 Å². The second-order valence-electron chi connectivity index (χ2n) is 3.97. The lowest BCUT2D eigenvalue weighted by Crippen LogP contribution is -2.10. The van der Waals surface area contributed by atoms with E-state index in [4.69, 9.17) is 9.52 Å². The van der Waals surface area contributed by atoms with E-state index in [0.717, 1.165) is 6.42 Å². The van der Waals surface area contributed by atoms with Gasteiger partial charge in [0.05, 0.1) is 0 Å². The minimum atomic E-state index is -1.20. The Kier molecular flexibility index (Phi) is 3.66. The van der Waals surface area contributed by atoms with Crippen LogP contribution in [0.4, 0.5) is 5.69 Å². The lowest BCUT2D eigenvalue weighted by Gasteiger charge is -2.04. The molecule has 0 radical (unpaired) electrons. The summed E-state index contributed by atoms with van der Waals surface area (Å²) in [4.78, 5) is 22.4. The Morgan fingerprint density at radius 3 is 2.26 bits per heavy atom. The van der Waals surface area contributed by atoms with Crippen molar-refractivity contribution in [3.05, 3.63) is 53.5 Å². The van der Waals surface area contributed by atoms with Gasteiger partial charge in [-0.25, -0.2) is 4.79 Å². The van der Waals surface area contributed by atoms with Crippen molar-refractivity contribution in [2.75, 3.05) is 5.32 Å². The fraction of sp³-hybridized carbons (Fsp3) is 0.143. The van der Waals surface area contributed by atoms with E-state index in [0.29, 0.717) is 5.69 Å². The zero-order chi connectivity index (χ0) is 13.8. The molecule has 0 bridgehead atoms. The Balaban J connectivity index is 2.08. The smallest absolute Gasteiger partial charge is 0.371 e. The van der Waals surface area contributed by atoms with Gasteiger partial charge < -0.3 is 14.8 Å². The summed E-state index contributed by atoms with van der Waals surface area (Å²) in [6.45, 7) is 2.05. The number of rotatable bonds is 4. The summed E-state index contributed by atoms with van der Waals surface area (Å²) in [6, 6.07) is 9.99. The second kappa shape index (κ2) is 5.39. The first-order chi connectivity index (χ1) is 9.10. The van der Waals surface area contributed by atoms with Crippen LogP contribution in [0.1, 0.15) is 33.6 Å². The van der Waals surface area contributed by atoms with Gasteiger partial charge in [-0.15, -0.1) is 0 Å². The predicted octanol–water partition coefficient (Wildman–Crippen LogP) is 2.79. The molecule has 1 aromatic heterocycles. The standard InChI is InChI=1S/C14H13NO4/c1-2-9-3-5-10(6-4-9)15-13(16)11-7-8-12(19-11)14(17)18/h3-8H,2H2,1H3,(H,15,16)(H,17,18). The first-order valence-electron chi connectivity index (χ1n) is 5.83. The van der Waals surface area contributed by atoms with Crippen LogP contribution in [-0.2, 0) is 6.42 Å². The Morgan fingerprint density at radius 1 is 1.11 bits per heavy atom. The van der Waals surface area contributed by atoms with Crippen LogP contribution >= 0.6 is 0 Å². The van der Waals surface area contributed by atoms with Crippen LogP contribution in [0.25, 0.3) is 0 Å². The molecule has 0 aliphatic heterocycles. The molecule has 0 saturated carbocycles. The zero-order valence-corrected chi connectivity index (χ0v) is 10.3. The van der Waals surface area contributed by atoms with E-state index in [-0.39, 0.29) is 11.5 Å². The Bertz CT molecular complexity index is 598. The second-order valence-corrected chi connectivity index (χ2v) is 3.97. The molecule has 1 amide bonds. The molecule has 19 heavy (non-hydrogen) atoms. The number of furan rings is 1. The molecule has 2 aromatic rings. The van der Waals surface area contributed by atoms with Crippen molar-refractivity contribution in [2.24, 2.45) is 0 Å². The average molecular weight is 259 g/mol. The minimum absolute atomic E-state index is 0.0306. The zero-order valence-electron chi connectivity index (χ0n) is 10.3. The number of amides is 1. The van der Waals surface area contributed by atoms with Gasteiger partial charge in [-0.05, 0) is 36.2 Å². The molecule has 2 rings (SSSR count). The van der Waals surface area contributed by atoms with Crippen molar-refractivity contribution in [1.29, 1.82) is 0 Å². The summed E-state index contributed by atoms with van der Waals surface area (Å²) in [5.41, 5.74) is 1.81. The maximum atomic E-state index is 11.8. The molecule has 0 unspecified atom stereocenters. The van der Waals surface area contributed by atoms with Crippen LogP contribution in [0.15, 0.2) is 40.8 Å². The topological polar surface area (TPSA) is 79.5 Å². The van der Waals surface area contributed by atoms with Gasteiger partial charge in [0.2, 0.25) is 5.76 Å². The molecule has 5 nitrogen and oxygen atoms in total. The third-order valence-electron chi connectivity index (χ3n) is 2.66. The molecule has 1 aromatic carbocycles. The lowest BCUT2D eigenvalue weighted by atomic mass is 10.1. The summed E-state index contributed by atoms with van der Waals surface area (Å²) in [5, 5.41) is 11.3. The van der Waals surface area contributed by atoms with Gasteiger partial charge in [-0.2, -0.15) is 0 Å². The molecule has 0 spiro atoms. The van der Waals surface area contributed by atoms with Crippen molar-refractivity contribution < 1.29 is 19.1 Å². The van der Waals surface area contributed by atoms with Gasteiger partial charge in [0.15, 0.2) is 5.76 Å². The van der Waals surface area contributed by atoms with Crippen molar-refractivity contribution in [3.8, 4) is 0 Å². The van der Waals surface area contributed by atoms with E-state index in [2.05, 4.69) is 5.32 Å². The number of anilines is 1. The summed E-state index contributed by atoms with van der Waals surface area (Å²) in [6.07, 6.45) is 0.925. The molecule has 2 N–H and O–H groups in total. The molecule has 0 aliphatic rings. The fourth-order valence-corrected chi connectivity index (χ4v) is 1.59. The highest BCUT2D eigenvalue weighted by Crippen LogP contribution is 2.13. The highest BCUT2D eigenvalue weighted by molar-refractivity contribution is 6.02. The Labute approximate surface area is 109 Å². The van der Waals surface area contributed by atoms with Crippen LogP contribution in [0.5, 0.6) is 0 Å². The largest absolute Gasteiger partial charge is 0.475 e. The van der Waals surface area contributed by atoms with Crippen molar-refractivity contribution in [1.82, 2.24) is 0 Å². The first-order valence-corrected chi connectivity index (χ1v) is 5.83. The van der Waals surface area contributed by atoms with Gasteiger partial charge in [0.1, 0.15) is 0 Å². The van der Waals surface area contributed by atoms with E-state index in [9.17, 15) is 9.59 Å². The van der Waals surface area contributed by atoms with E-state index in [1.54, 1.807) is 12.1 Å². The predicted molar refractivity (Wildman–Crippen MR) is 69.4 cm³/mol. The van der Waals surface area contributed by atoms with Gasteiger partial charge >= 0.3 is 5.97 Å². The van der Waals surface area contributed by atoms with E-state index in [1.165, 1.54) is 17.7 Å². The fourth-order valence-electron chi connectivity index (χ4n) is 1.59. The number of hydrogen-bond donors (Lipinski definition) is 2. The van der Waals surface area contributed by atoms with Crippen LogP contribution in [0.3, 0.4) is 0 Å². The molecule has 0 aliphatic carbocycles.